The Hall–Kier alpha value is -0.170. The number of rotatable bonds is 6. The van der Waals surface area contributed by atoms with Crippen LogP contribution in [0, 0.1) is 0 Å². The van der Waals surface area contributed by atoms with E-state index in [-0.39, 0.29) is 12.6 Å². The fraction of sp³-hybridized carbons (Fsp3) is 1.00. The first-order valence-electron chi connectivity index (χ1n) is 4.53. The lowest BCUT2D eigenvalue weighted by Gasteiger charge is -2.26. The molecule has 86 valence electrons. The first-order chi connectivity index (χ1) is 6.37. The van der Waals surface area contributed by atoms with Crippen LogP contribution in [0.1, 0.15) is 13.8 Å². The van der Waals surface area contributed by atoms with Crippen molar-refractivity contribution in [2.75, 3.05) is 27.3 Å². The molecule has 14 heavy (non-hydrogen) atoms. The monoisotopic (exact) mass is 224 g/mol. The van der Waals surface area contributed by atoms with Crippen LogP contribution in [0.3, 0.4) is 0 Å². The van der Waals surface area contributed by atoms with E-state index in [1.807, 2.05) is 0 Å². The Morgan fingerprint density at radius 2 is 1.93 bits per heavy atom. The van der Waals surface area contributed by atoms with Gasteiger partial charge in [0.2, 0.25) is 10.0 Å². The first-order valence-corrected chi connectivity index (χ1v) is 6.04. The van der Waals surface area contributed by atoms with Gasteiger partial charge in [-0.15, -0.1) is 0 Å². The minimum atomic E-state index is -3.28. The zero-order valence-electron chi connectivity index (χ0n) is 9.23. The molecule has 0 aliphatic carbocycles. The molecule has 0 saturated carbocycles. The zero-order chi connectivity index (χ0) is 11.4. The Bertz CT molecular complexity index is 253. The van der Waals surface area contributed by atoms with Crippen molar-refractivity contribution in [2.24, 2.45) is 5.73 Å². The highest BCUT2D eigenvalue weighted by atomic mass is 32.2. The molecule has 0 saturated heterocycles. The molecule has 0 aromatic carbocycles. The van der Waals surface area contributed by atoms with Crippen molar-refractivity contribution in [3.8, 4) is 0 Å². The fourth-order valence-electron chi connectivity index (χ4n) is 1.00. The number of likely N-dealkylation sites (N-methyl/N-ethyl adjacent to an activating group) is 1. The van der Waals surface area contributed by atoms with Crippen molar-refractivity contribution >= 4 is 10.0 Å². The highest BCUT2D eigenvalue weighted by molar-refractivity contribution is 7.89. The average Bonchev–Trinajstić information content (AvgIpc) is 2.15. The van der Waals surface area contributed by atoms with Gasteiger partial charge in [-0.1, -0.05) is 0 Å². The second kappa shape index (κ2) is 5.65. The first kappa shape index (κ1) is 13.8. The van der Waals surface area contributed by atoms with E-state index in [9.17, 15) is 8.42 Å². The second-order valence-electron chi connectivity index (χ2n) is 3.41. The van der Waals surface area contributed by atoms with Crippen molar-refractivity contribution in [3.05, 3.63) is 0 Å². The van der Waals surface area contributed by atoms with Crippen LogP contribution in [0.2, 0.25) is 0 Å². The van der Waals surface area contributed by atoms with E-state index in [2.05, 4.69) is 0 Å². The van der Waals surface area contributed by atoms with Crippen LogP contribution < -0.4 is 5.73 Å². The van der Waals surface area contributed by atoms with Crippen molar-refractivity contribution in [3.63, 3.8) is 0 Å². The molecule has 2 atom stereocenters. The van der Waals surface area contributed by atoms with Gasteiger partial charge < -0.3 is 10.5 Å². The molecule has 0 bridgehead atoms. The van der Waals surface area contributed by atoms with Crippen molar-refractivity contribution in [1.82, 2.24) is 4.31 Å². The number of methoxy groups -OCH3 is 1. The Labute approximate surface area is 86.3 Å². The molecular weight excluding hydrogens is 204 g/mol. The summed E-state index contributed by atoms with van der Waals surface area (Å²) in [6.07, 6.45) is 0. The standard InChI is InChI=1S/C8H20N2O3S/c1-7(6-13-4)10(3)14(11,12)8(2)5-9/h7-8H,5-6,9H2,1-4H3. The summed E-state index contributed by atoms with van der Waals surface area (Å²) in [5.41, 5.74) is 5.33. The van der Waals surface area contributed by atoms with E-state index in [1.54, 1.807) is 28.0 Å². The van der Waals surface area contributed by atoms with Crippen LogP contribution in [0.15, 0.2) is 0 Å². The summed E-state index contributed by atoms with van der Waals surface area (Å²) in [4.78, 5) is 0. The third kappa shape index (κ3) is 3.20. The van der Waals surface area contributed by atoms with E-state index in [0.29, 0.717) is 6.61 Å². The molecule has 6 heteroatoms. The molecule has 2 unspecified atom stereocenters. The number of ether oxygens (including phenoxy) is 1. The van der Waals surface area contributed by atoms with Crippen molar-refractivity contribution in [1.29, 1.82) is 0 Å². The normalized spacial score (nSPS) is 17.0. The fourth-order valence-corrected chi connectivity index (χ4v) is 2.38. The van der Waals surface area contributed by atoms with Crippen LogP contribution in [0.25, 0.3) is 0 Å². The topological polar surface area (TPSA) is 72.6 Å². The van der Waals surface area contributed by atoms with E-state index in [0.717, 1.165) is 0 Å². The lowest BCUT2D eigenvalue weighted by Crippen LogP contribution is -2.44. The van der Waals surface area contributed by atoms with Gasteiger partial charge in [-0.25, -0.2) is 8.42 Å². The highest BCUT2D eigenvalue weighted by Gasteiger charge is 2.28. The van der Waals surface area contributed by atoms with Gasteiger partial charge in [0, 0.05) is 26.7 Å². The smallest absolute Gasteiger partial charge is 0.218 e. The van der Waals surface area contributed by atoms with Crippen LogP contribution in [0.5, 0.6) is 0 Å². The van der Waals surface area contributed by atoms with Crippen molar-refractivity contribution in [2.45, 2.75) is 25.1 Å². The summed E-state index contributed by atoms with van der Waals surface area (Å²) in [5.74, 6) is 0. The summed E-state index contributed by atoms with van der Waals surface area (Å²) in [6.45, 7) is 3.91. The molecule has 5 nitrogen and oxygen atoms in total. The minimum absolute atomic E-state index is 0.131. The maximum Gasteiger partial charge on any atom is 0.218 e. The highest BCUT2D eigenvalue weighted by Crippen LogP contribution is 2.09. The van der Waals surface area contributed by atoms with Gasteiger partial charge in [-0.3, -0.25) is 0 Å². The number of hydrogen-bond donors (Lipinski definition) is 1. The molecule has 0 aromatic rings. The predicted octanol–water partition coefficient (Wildman–Crippen LogP) is -0.370. The number of nitrogens with two attached hydrogens (primary N) is 1. The summed E-state index contributed by atoms with van der Waals surface area (Å²) in [7, 11) is -0.190. The molecule has 0 fully saturated rings. The Balaban J connectivity index is 4.58. The molecule has 0 aromatic heterocycles. The Kier molecular flexibility index (Phi) is 5.58. The van der Waals surface area contributed by atoms with E-state index >= 15 is 0 Å². The summed E-state index contributed by atoms with van der Waals surface area (Å²) >= 11 is 0. The molecular formula is C8H20N2O3S. The van der Waals surface area contributed by atoms with Gasteiger partial charge in [-0.2, -0.15) is 4.31 Å². The van der Waals surface area contributed by atoms with Crippen LogP contribution >= 0.6 is 0 Å². The van der Waals surface area contributed by atoms with Crippen LogP contribution in [-0.4, -0.2) is 51.3 Å². The SMILES string of the molecule is COCC(C)N(C)S(=O)(=O)C(C)CN. The second-order valence-corrected chi connectivity index (χ2v) is 5.82. The molecule has 0 aliphatic heterocycles. The number of hydrogen-bond acceptors (Lipinski definition) is 4. The Morgan fingerprint density at radius 1 is 1.43 bits per heavy atom. The van der Waals surface area contributed by atoms with Crippen LogP contribution in [-0.2, 0) is 14.8 Å². The predicted molar refractivity (Wildman–Crippen MR) is 56.5 cm³/mol. The lowest BCUT2D eigenvalue weighted by molar-refractivity contribution is 0.149. The lowest BCUT2D eigenvalue weighted by atomic mass is 10.4. The van der Waals surface area contributed by atoms with Gasteiger partial charge in [0.15, 0.2) is 0 Å². The largest absolute Gasteiger partial charge is 0.383 e. The van der Waals surface area contributed by atoms with Gasteiger partial charge in [0.1, 0.15) is 0 Å². The van der Waals surface area contributed by atoms with Gasteiger partial charge >= 0.3 is 0 Å². The minimum Gasteiger partial charge on any atom is -0.383 e. The van der Waals surface area contributed by atoms with Gasteiger partial charge in [-0.05, 0) is 13.8 Å². The molecule has 2 N–H and O–H groups in total. The molecule has 0 rings (SSSR count). The van der Waals surface area contributed by atoms with Gasteiger partial charge in [0.05, 0.1) is 11.9 Å². The third-order valence-electron chi connectivity index (χ3n) is 2.27. The Morgan fingerprint density at radius 3 is 2.29 bits per heavy atom. The van der Waals surface area contributed by atoms with Crippen molar-refractivity contribution < 1.29 is 13.2 Å². The molecule has 0 spiro atoms. The molecule has 0 radical (unpaired) electrons. The average molecular weight is 224 g/mol. The summed E-state index contributed by atoms with van der Waals surface area (Å²) in [6, 6.07) is -0.168. The molecule has 0 aliphatic rings. The number of nitrogens with zero attached hydrogens (tertiary/aromatic N) is 1. The summed E-state index contributed by atoms with van der Waals surface area (Å²) in [5, 5.41) is -0.549. The van der Waals surface area contributed by atoms with E-state index in [1.165, 1.54) is 4.31 Å². The maximum absolute atomic E-state index is 11.8. The van der Waals surface area contributed by atoms with E-state index in [4.69, 9.17) is 10.5 Å². The molecule has 0 amide bonds. The van der Waals surface area contributed by atoms with E-state index < -0.39 is 15.3 Å². The zero-order valence-corrected chi connectivity index (χ0v) is 10.0. The van der Waals surface area contributed by atoms with Gasteiger partial charge in [0.25, 0.3) is 0 Å². The third-order valence-corrected chi connectivity index (χ3v) is 4.64. The maximum atomic E-state index is 11.8. The quantitative estimate of drug-likeness (QED) is 0.668. The number of sulfonamides is 1. The van der Waals surface area contributed by atoms with Crippen LogP contribution in [0.4, 0.5) is 0 Å². The summed E-state index contributed by atoms with van der Waals surface area (Å²) < 4.78 is 29.7. The molecule has 0 heterocycles.